The molecule has 1 heterocycles. The van der Waals surface area contributed by atoms with Crippen LogP contribution in [0.1, 0.15) is 34.8 Å². The van der Waals surface area contributed by atoms with Gasteiger partial charge in [0, 0.05) is 39.6 Å². The van der Waals surface area contributed by atoms with Crippen LogP contribution in [0.5, 0.6) is 0 Å². The summed E-state index contributed by atoms with van der Waals surface area (Å²) < 4.78 is 53.0. The molecule has 1 fully saturated rings. The van der Waals surface area contributed by atoms with Crippen molar-refractivity contribution in [3.63, 3.8) is 0 Å². The molecule has 0 bridgehead atoms. The second-order valence-corrected chi connectivity index (χ2v) is 9.74. The highest BCUT2D eigenvalue weighted by Crippen LogP contribution is 2.30. The fourth-order valence-electron chi connectivity index (χ4n) is 4.13. The maximum absolute atomic E-state index is 14.4. The topological polar surface area (TPSA) is 72.9 Å². The molecule has 2 N–H and O–H groups in total. The van der Waals surface area contributed by atoms with Crippen molar-refractivity contribution in [3.05, 3.63) is 69.0 Å². The number of nitrogens with one attached hydrogen (secondary N) is 1. The molecule has 0 saturated carbocycles. The second-order valence-electron chi connectivity index (χ2n) is 8.93. The van der Waals surface area contributed by atoms with E-state index in [4.69, 9.17) is 23.2 Å². The molecular formula is C25H27Cl2F4N3O3. The Hall–Kier alpha value is -2.40. The maximum Gasteiger partial charge on any atom is 0.416 e. The van der Waals surface area contributed by atoms with Gasteiger partial charge >= 0.3 is 6.18 Å². The quantitative estimate of drug-likeness (QED) is 0.467. The minimum atomic E-state index is -4.75. The lowest BCUT2D eigenvalue weighted by Crippen LogP contribution is -2.50. The summed E-state index contributed by atoms with van der Waals surface area (Å²) in [6.07, 6.45) is -5.45. The number of alkyl halides is 3. The number of amides is 2. The first kappa shape index (κ1) is 29.2. The number of hydrogen-bond donors (Lipinski definition) is 2. The van der Waals surface area contributed by atoms with E-state index in [0.717, 1.165) is 6.07 Å². The van der Waals surface area contributed by atoms with E-state index in [0.29, 0.717) is 49.4 Å². The molecule has 2 aromatic rings. The summed E-state index contributed by atoms with van der Waals surface area (Å²) in [5.41, 5.74) is -1.14. The second kappa shape index (κ2) is 12.4. The average molecular weight is 564 g/mol. The third-order valence-electron chi connectivity index (χ3n) is 6.32. The van der Waals surface area contributed by atoms with Gasteiger partial charge in [-0.3, -0.25) is 14.5 Å². The van der Waals surface area contributed by atoms with Crippen LogP contribution in [0.25, 0.3) is 0 Å². The Bertz CT molecular complexity index is 1120. The number of halogens is 6. The molecule has 6 nitrogen and oxygen atoms in total. The van der Waals surface area contributed by atoms with Crippen molar-refractivity contribution in [1.82, 2.24) is 15.1 Å². The lowest BCUT2D eigenvalue weighted by Gasteiger charge is -2.35. The molecule has 2 atom stereocenters. The number of carbonyl (C=O) groups excluding carboxylic acids is 2. The van der Waals surface area contributed by atoms with E-state index in [1.165, 1.54) is 6.92 Å². The van der Waals surface area contributed by atoms with E-state index >= 15 is 0 Å². The highest BCUT2D eigenvalue weighted by Gasteiger charge is 2.32. The third kappa shape index (κ3) is 8.04. The molecule has 1 aliphatic heterocycles. The van der Waals surface area contributed by atoms with Crippen molar-refractivity contribution in [2.75, 3.05) is 32.7 Å². The SMILES string of the molecule is CC(=O)N1CCN(CCC(O)[C@H](Cc2ccc(Cl)c(Cl)c2)NC(=O)c2ccc(C(F)(F)F)cc2F)CC1. The molecule has 0 spiro atoms. The number of nitrogens with zero attached hydrogens (tertiary/aromatic N) is 2. The van der Waals surface area contributed by atoms with E-state index in [9.17, 15) is 32.3 Å². The van der Waals surface area contributed by atoms with E-state index in [1.807, 2.05) is 0 Å². The van der Waals surface area contributed by atoms with Crippen LogP contribution in [0, 0.1) is 5.82 Å². The van der Waals surface area contributed by atoms with E-state index in [2.05, 4.69) is 10.2 Å². The molecule has 202 valence electrons. The van der Waals surface area contributed by atoms with Crippen LogP contribution < -0.4 is 5.32 Å². The first-order valence-electron chi connectivity index (χ1n) is 11.6. The molecule has 0 aromatic heterocycles. The van der Waals surface area contributed by atoms with Crippen LogP contribution in [0.4, 0.5) is 17.6 Å². The standard InChI is InChI=1S/C25H27Cl2F4N3O3/c1-15(35)34-10-8-33(9-11-34)7-6-23(36)22(13-16-2-5-19(26)20(27)12-16)32-24(37)18-4-3-17(14-21(18)28)25(29,30)31/h2-5,12,14,22-23,36H,6-11,13H2,1H3,(H,32,37)/t22-,23?/m0/s1. The average Bonchev–Trinajstić information content (AvgIpc) is 2.83. The molecule has 3 rings (SSSR count). The Morgan fingerprint density at radius 1 is 1.05 bits per heavy atom. The number of piperazine rings is 1. The minimum Gasteiger partial charge on any atom is -0.391 e. The van der Waals surface area contributed by atoms with Gasteiger partial charge in [0.15, 0.2) is 0 Å². The van der Waals surface area contributed by atoms with Crippen molar-refractivity contribution >= 4 is 35.0 Å². The molecule has 0 radical (unpaired) electrons. The van der Waals surface area contributed by atoms with Gasteiger partial charge in [-0.05, 0) is 48.7 Å². The van der Waals surface area contributed by atoms with Gasteiger partial charge in [0.05, 0.1) is 33.3 Å². The Balaban J connectivity index is 1.72. The van der Waals surface area contributed by atoms with Crippen LogP contribution in [0.3, 0.4) is 0 Å². The molecule has 0 aliphatic carbocycles. The highest BCUT2D eigenvalue weighted by molar-refractivity contribution is 6.42. The normalized spacial score (nSPS) is 16.4. The first-order valence-corrected chi connectivity index (χ1v) is 12.4. The van der Waals surface area contributed by atoms with Crippen LogP contribution >= 0.6 is 23.2 Å². The number of rotatable bonds is 8. The Morgan fingerprint density at radius 3 is 2.30 bits per heavy atom. The summed E-state index contributed by atoms with van der Waals surface area (Å²) in [5, 5.41) is 14.1. The number of carbonyl (C=O) groups is 2. The summed E-state index contributed by atoms with van der Waals surface area (Å²) in [5.74, 6) is -2.27. The van der Waals surface area contributed by atoms with Gasteiger partial charge < -0.3 is 15.3 Å². The molecule has 1 unspecified atom stereocenters. The molecular weight excluding hydrogens is 537 g/mol. The number of hydrogen-bond acceptors (Lipinski definition) is 4. The van der Waals surface area contributed by atoms with Crippen molar-refractivity contribution in [2.24, 2.45) is 0 Å². The predicted molar refractivity (Wildman–Crippen MR) is 132 cm³/mol. The van der Waals surface area contributed by atoms with Crippen LogP contribution in [-0.4, -0.2) is 71.6 Å². The fraction of sp³-hybridized carbons (Fsp3) is 0.440. The van der Waals surface area contributed by atoms with Crippen molar-refractivity contribution in [3.8, 4) is 0 Å². The van der Waals surface area contributed by atoms with Gasteiger partial charge in [0.25, 0.3) is 5.91 Å². The zero-order valence-corrected chi connectivity index (χ0v) is 21.5. The lowest BCUT2D eigenvalue weighted by atomic mass is 9.98. The summed E-state index contributed by atoms with van der Waals surface area (Å²) in [6, 6.07) is 5.57. The monoisotopic (exact) mass is 563 g/mol. The van der Waals surface area contributed by atoms with Crippen molar-refractivity contribution in [2.45, 2.75) is 38.1 Å². The van der Waals surface area contributed by atoms with Gasteiger partial charge in [0.1, 0.15) is 5.82 Å². The van der Waals surface area contributed by atoms with E-state index in [-0.39, 0.29) is 29.8 Å². The highest BCUT2D eigenvalue weighted by atomic mass is 35.5. The summed E-state index contributed by atoms with van der Waals surface area (Å²) >= 11 is 12.1. The van der Waals surface area contributed by atoms with Crippen molar-refractivity contribution < 1.29 is 32.3 Å². The molecule has 1 saturated heterocycles. The zero-order valence-electron chi connectivity index (χ0n) is 20.0. The number of aliphatic hydroxyl groups is 1. The van der Waals surface area contributed by atoms with Crippen LogP contribution in [0.2, 0.25) is 10.0 Å². The minimum absolute atomic E-state index is 0.000384. The molecule has 2 aromatic carbocycles. The zero-order chi connectivity index (χ0) is 27.3. The number of benzene rings is 2. The van der Waals surface area contributed by atoms with Crippen LogP contribution in [-0.2, 0) is 17.4 Å². The fourth-order valence-corrected chi connectivity index (χ4v) is 4.45. The molecule has 12 heteroatoms. The molecule has 2 amide bonds. The smallest absolute Gasteiger partial charge is 0.391 e. The summed E-state index contributed by atoms with van der Waals surface area (Å²) in [6.45, 7) is 4.40. The molecule has 37 heavy (non-hydrogen) atoms. The largest absolute Gasteiger partial charge is 0.416 e. The Morgan fingerprint density at radius 2 is 1.73 bits per heavy atom. The van der Waals surface area contributed by atoms with E-state index in [1.54, 1.807) is 23.1 Å². The van der Waals surface area contributed by atoms with Crippen LogP contribution in [0.15, 0.2) is 36.4 Å². The maximum atomic E-state index is 14.4. The lowest BCUT2D eigenvalue weighted by molar-refractivity contribution is -0.137. The van der Waals surface area contributed by atoms with Gasteiger partial charge in [0.2, 0.25) is 5.91 Å². The van der Waals surface area contributed by atoms with Gasteiger partial charge in [-0.25, -0.2) is 4.39 Å². The molecule has 1 aliphatic rings. The van der Waals surface area contributed by atoms with E-state index < -0.39 is 41.2 Å². The third-order valence-corrected chi connectivity index (χ3v) is 7.06. The first-order chi connectivity index (χ1) is 17.3. The summed E-state index contributed by atoms with van der Waals surface area (Å²) in [4.78, 5) is 28.2. The Labute approximate surface area is 222 Å². The number of aliphatic hydroxyl groups excluding tert-OH is 1. The van der Waals surface area contributed by atoms with Gasteiger partial charge in [-0.2, -0.15) is 13.2 Å². The predicted octanol–water partition coefficient (Wildman–Crippen LogP) is 4.41. The van der Waals surface area contributed by atoms with Crippen molar-refractivity contribution in [1.29, 1.82) is 0 Å². The summed E-state index contributed by atoms with van der Waals surface area (Å²) in [7, 11) is 0. The van der Waals surface area contributed by atoms with Gasteiger partial charge in [-0.15, -0.1) is 0 Å². The van der Waals surface area contributed by atoms with Gasteiger partial charge in [-0.1, -0.05) is 29.3 Å². The Kier molecular flexibility index (Phi) is 9.80.